The monoisotopic (exact) mass is 684 g/mol. The second kappa shape index (κ2) is 17.6. The van der Waals surface area contributed by atoms with Gasteiger partial charge in [-0.2, -0.15) is 0 Å². The van der Waals surface area contributed by atoms with E-state index in [2.05, 4.69) is 10.6 Å². The molecule has 0 radical (unpaired) electrons. The zero-order chi connectivity index (χ0) is 35.3. The standard InChI is InChI=1S/C39H45N2O7P/c1-39(2,3)48-38(45)41-35(26-31-20-12-6-13-21-31)49(46,47-27-32-22-14-7-15-23-32)28-33(24-29-16-8-4-9-17-29)36(42)40-34(37(43)44)25-30-18-10-5-11-19-30/h4-23,33-35H,24-28H2,1-3H3,(H,40,42)(H,41,45)(H,43,44)/t33?,34-,35?,49?/m0/s1. The largest absolute Gasteiger partial charge is 0.480 e. The molecule has 3 unspecified atom stereocenters. The van der Waals surface area contributed by atoms with Crippen molar-refractivity contribution in [2.45, 2.75) is 64.1 Å². The third kappa shape index (κ3) is 12.3. The third-order valence-electron chi connectivity index (χ3n) is 7.79. The fraction of sp³-hybridized carbons (Fsp3) is 0.308. The SMILES string of the molecule is CC(C)(C)OC(=O)NC(Cc1ccccc1)P(=O)(CC(Cc1ccccc1)C(=O)N[C@@H](Cc1ccccc1)C(=O)O)OCc1ccccc1. The summed E-state index contributed by atoms with van der Waals surface area (Å²) in [5, 5.41) is 15.6. The number of nitrogens with one attached hydrogen (secondary N) is 2. The highest BCUT2D eigenvalue weighted by Gasteiger charge is 2.41. The van der Waals surface area contributed by atoms with Crippen LogP contribution in [-0.2, 0) is 49.3 Å². The van der Waals surface area contributed by atoms with Gasteiger partial charge in [0, 0.05) is 19.0 Å². The van der Waals surface area contributed by atoms with Gasteiger partial charge in [-0.1, -0.05) is 121 Å². The molecule has 0 bridgehead atoms. The molecular formula is C39H45N2O7P. The number of ether oxygens (including phenoxy) is 1. The van der Waals surface area contributed by atoms with Crippen molar-refractivity contribution in [2.75, 3.05) is 6.16 Å². The average molecular weight is 685 g/mol. The van der Waals surface area contributed by atoms with E-state index < -0.39 is 48.7 Å². The van der Waals surface area contributed by atoms with Crippen molar-refractivity contribution < 1.29 is 33.3 Å². The first kappa shape index (κ1) is 37.1. The Labute approximate surface area is 288 Å². The van der Waals surface area contributed by atoms with Crippen molar-refractivity contribution in [1.82, 2.24) is 10.6 Å². The van der Waals surface area contributed by atoms with Gasteiger partial charge in [0.1, 0.15) is 17.4 Å². The van der Waals surface area contributed by atoms with Crippen molar-refractivity contribution >= 4 is 25.3 Å². The Morgan fingerprint density at radius 3 is 1.59 bits per heavy atom. The molecule has 0 spiro atoms. The fourth-order valence-corrected chi connectivity index (χ4v) is 7.99. The molecule has 2 amide bonds. The summed E-state index contributed by atoms with van der Waals surface area (Å²) in [6.45, 7) is 5.17. The summed E-state index contributed by atoms with van der Waals surface area (Å²) in [7, 11) is -3.98. The molecular weight excluding hydrogens is 639 g/mol. The highest BCUT2D eigenvalue weighted by Crippen LogP contribution is 2.54. The molecule has 4 aromatic rings. The molecule has 0 aliphatic carbocycles. The number of carbonyl (C=O) groups excluding carboxylic acids is 2. The van der Waals surface area contributed by atoms with Gasteiger partial charge in [0.2, 0.25) is 13.3 Å². The maximum absolute atomic E-state index is 15.4. The van der Waals surface area contributed by atoms with Crippen LogP contribution in [0.2, 0.25) is 0 Å². The van der Waals surface area contributed by atoms with Gasteiger partial charge < -0.3 is 25.0 Å². The topological polar surface area (TPSA) is 131 Å². The van der Waals surface area contributed by atoms with Crippen molar-refractivity contribution in [1.29, 1.82) is 0 Å². The first-order chi connectivity index (χ1) is 23.4. The predicted molar refractivity (Wildman–Crippen MR) is 190 cm³/mol. The molecule has 4 atom stereocenters. The summed E-state index contributed by atoms with van der Waals surface area (Å²) in [5.41, 5.74) is 2.28. The highest BCUT2D eigenvalue weighted by molar-refractivity contribution is 7.59. The zero-order valence-electron chi connectivity index (χ0n) is 28.2. The third-order valence-corrected chi connectivity index (χ3v) is 10.6. The molecule has 0 saturated carbocycles. The summed E-state index contributed by atoms with van der Waals surface area (Å²) < 4.78 is 27.3. The Morgan fingerprint density at radius 1 is 0.673 bits per heavy atom. The van der Waals surface area contributed by atoms with Crippen LogP contribution in [0.15, 0.2) is 121 Å². The Balaban J connectivity index is 1.73. The average Bonchev–Trinajstić information content (AvgIpc) is 3.07. The van der Waals surface area contributed by atoms with Crippen LogP contribution in [0.1, 0.15) is 43.0 Å². The second-order valence-corrected chi connectivity index (χ2v) is 15.7. The van der Waals surface area contributed by atoms with E-state index in [1.165, 1.54) is 0 Å². The number of hydrogen-bond acceptors (Lipinski definition) is 6. The minimum Gasteiger partial charge on any atom is -0.480 e. The lowest BCUT2D eigenvalue weighted by Crippen LogP contribution is -2.47. The Kier molecular flexibility index (Phi) is 13.3. The molecule has 0 aliphatic rings. The van der Waals surface area contributed by atoms with E-state index in [1.807, 2.05) is 97.1 Å². The number of carbonyl (C=O) groups is 3. The summed E-state index contributed by atoms with van der Waals surface area (Å²) in [4.78, 5) is 39.7. The molecule has 4 rings (SSSR count). The van der Waals surface area contributed by atoms with E-state index in [9.17, 15) is 19.5 Å². The van der Waals surface area contributed by atoms with Crippen LogP contribution in [-0.4, -0.2) is 46.7 Å². The second-order valence-electron chi connectivity index (χ2n) is 13.0. The van der Waals surface area contributed by atoms with Gasteiger partial charge in [-0.25, -0.2) is 9.59 Å². The smallest absolute Gasteiger partial charge is 0.408 e. The van der Waals surface area contributed by atoms with Crippen LogP contribution < -0.4 is 10.6 Å². The van der Waals surface area contributed by atoms with Gasteiger partial charge in [-0.3, -0.25) is 9.36 Å². The number of rotatable bonds is 16. The van der Waals surface area contributed by atoms with E-state index in [0.717, 1.165) is 22.3 Å². The number of carboxylic acids is 1. The number of amides is 2. The Morgan fingerprint density at radius 2 is 1.12 bits per heavy atom. The van der Waals surface area contributed by atoms with Crippen molar-refractivity contribution in [2.24, 2.45) is 5.92 Å². The molecule has 9 nitrogen and oxygen atoms in total. The summed E-state index contributed by atoms with van der Waals surface area (Å²) >= 11 is 0. The van der Waals surface area contributed by atoms with E-state index in [1.54, 1.807) is 45.0 Å². The Bertz CT molecular complexity index is 1680. The zero-order valence-corrected chi connectivity index (χ0v) is 29.1. The quantitative estimate of drug-likeness (QED) is 0.106. The lowest BCUT2D eigenvalue weighted by atomic mass is 9.99. The van der Waals surface area contributed by atoms with Crippen molar-refractivity contribution in [3.8, 4) is 0 Å². The molecule has 0 heterocycles. The highest BCUT2D eigenvalue weighted by atomic mass is 31.2. The van der Waals surface area contributed by atoms with Crippen LogP contribution in [0, 0.1) is 5.92 Å². The van der Waals surface area contributed by atoms with Gasteiger partial charge in [0.25, 0.3) is 0 Å². The van der Waals surface area contributed by atoms with Gasteiger partial charge in [-0.05, 0) is 49.4 Å². The maximum atomic E-state index is 15.4. The van der Waals surface area contributed by atoms with Gasteiger partial charge in [0.15, 0.2) is 0 Å². The van der Waals surface area contributed by atoms with Crippen LogP contribution in [0.4, 0.5) is 4.79 Å². The molecule has 3 N–H and O–H groups in total. The molecule has 0 saturated heterocycles. The number of aliphatic carboxylic acids is 1. The molecule has 4 aromatic carbocycles. The Hall–Kier alpha value is -4.72. The normalized spacial score (nSPS) is 14.4. The minimum absolute atomic E-state index is 0.0369. The van der Waals surface area contributed by atoms with Crippen LogP contribution >= 0.6 is 7.37 Å². The number of carboxylic acid groups (broad SMARTS) is 1. The van der Waals surface area contributed by atoms with Gasteiger partial charge >= 0.3 is 12.1 Å². The van der Waals surface area contributed by atoms with Crippen LogP contribution in [0.5, 0.6) is 0 Å². The number of benzene rings is 4. The van der Waals surface area contributed by atoms with Gasteiger partial charge in [0.05, 0.1) is 12.5 Å². The summed E-state index contributed by atoms with van der Waals surface area (Å²) in [5.74, 6) is -3.81. The van der Waals surface area contributed by atoms with E-state index in [0.29, 0.717) is 0 Å². The lowest BCUT2D eigenvalue weighted by molar-refractivity contribution is -0.142. The fourth-order valence-electron chi connectivity index (χ4n) is 5.38. The summed E-state index contributed by atoms with van der Waals surface area (Å²) in [6.07, 6.45) is -0.676. The van der Waals surface area contributed by atoms with Crippen LogP contribution in [0.3, 0.4) is 0 Å². The molecule has 49 heavy (non-hydrogen) atoms. The summed E-state index contributed by atoms with van der Waals surface area (Å²) in [6, 6.07) is 35.6. The first-order valence-electron chi connectivity index (χ1n) is 16.3. The lowest BCUT2D eigenvalue weighted by Gasteiger charge is -2.32. The molecule has 258 valence electrons. The molecule has 0 aromatic heterocycles. The molecule has 10 heteroatoms. The molecule has 0 fully saturated rings. The van der Waals surface area contributed by atoms with E-state index >= 15 is 4.57 Å². The van der Waals surface area contributed by atoms with E-state index in [4.69, 9.17) is 9.26 Å². The number of hydrogen-bond donors (Lipinski definition) is 3. The minimum atomic E-state index is -3.98. The predicted octanol–water partition coefficient (Wildman–Crippen LogP) is 7.25. The van der Waals surface area contributed by atoms with Crippen molar-refractivity contribution in [3.63, 3.8) is 0 Å². The first-order valence-corrected chi connectivity index (χ1v) is 18.2. The molecule has 0 aliphatic heterocycles. The van der Waals surface area contributed by atoms with E-state index in [-0.39, 0.29) is 32.0 Å². The van der Waals surface area contributed by atoms with Crippen molar-refractivity contribution in [3.05, 3.63) is 144 Å². The van der Waals surface area contributed by atoms with Crippen LogP contribution in [0.25, 0.3) is 0 Å². The maximum Gasteiger partial charge on any atom is 0.408 e. The number of alkyl carbamates (subject to hydrolysis) is 1. The van der Waals surface area contributed by atoms with Gasteiger partial charge in [-0.15, -0.1) is 0 Å².